The highest BCUT2D eigenvalue weighted by molar-refractivity contribution is 7.16. The molecule has 0 amide bonds. The number of halogens is 1. The van der Waals surface area contributed by atoms with Crippen LogP contribution in [-0.4, -0.2) is 9.55 Å². The van der Waals surface area contributed by atoms with Gasteiger partial charge in [-0.3, -0.25) is 0 Å². The smallest absolute Gasteiger partial charge is 0.151 e. The number of hydrogen-bond donors (Lipinski definition) is 1. The number of nitrogen functional groups attached to an aromatic ring is 1. The zero-order valence-corrected chi connectivity index (χ0v) is 12.5. The van der Waals surface area contributed by atoms with E-state index in [4.69, 9.17) is 5.73 Å². The Kier molecular flexibility index (Phi) is 3.01. The number of hydrogen-bond acceptors (Lipinski definition) is 3. The molecule has 0 bridgehead atoms. The minimum absolute atomic E-state index is 0.292. The molecule has 3 aromatic rings. The molecule has 1 aromatic carbocycles. The highest BCUT2D eigenvalue weighted by Gasteiger charge is 2.20. The average Bonchev–Trinajstić information content (AvgIpc) is 2.89. The van der Waals surface area contributed by atoms with Gasteiger partial charge in [0.2, 0.25) is 0 Å². The van der Waals surface area contributed by atoms with Crippen molar-refractivity contribution < 1.29 is 4.39 Å². The summed E-state index contributed by atoms with van der Waals surface area (Å²) in [6.07, 6.45) is 0. The predicted molar refractivity (Wildman–Crippen MR) is 82.6 cm³/mol. The van der Waals surface area contributed by atoms with Gasteiger partial charge in [0.15, 0.2) is 5.82 Å². The fourth-order valence-corrected chi connectivity index (χ4v) is 3.49. The van der Waals surface area contributed by atoms with E-state index in [1.807, 2.05) is 31.4 Å². The maximum atomic E-state index is 13.9. The molecule has 0 saturated heterocycles. The standard InChI is InChI=1S/C15H16FN3S/c1-4-19-11-7-5-6-10(16)13(11)18-15(19)12-8(2)9(3)20-14(12)17/h5-7H,4,17H2,1-3H3. The van der Waals surface area contributed by atoms with E-state index >= 15 is 0 Å². The largest absolute Gasteiger partial charge is 0.390 e. The van der Waals surface area contributed by atoms with Crippen molar-refractivity contribution in [2.45, 2.75) is 27.3 Å². The molecule has 0 aliphatic heterocycles. The van der Waals surface area contributed by atoms with Crippen LogP contribution in [0.4, 0.5) is 9.39 Å². The summed E-state index contributed by atoms with van der Waals surface area (Å²) in [4.78, 5) is 5.68. The minimum Gasteiger partial charge on any atom is -0.390 e. The number of nitrogens with zero attached hydrogens (tertiary/aromatic N) is 2. The van der Waals surface area contributed by atoms with Gasteiger partial charge in [-0.25, -0.2) is 9.37 Å². The van der Waals surface area contributed by atoms with E-state index in [0.717, 1.165) is 34.0 Å². The molecule has 3 rings (SSSR count). The second kappa shape index (κ2) is 4.59. The predicted octanol–water partition coefficient (Wildman–Crippen LogP) is 4.12. The first-order valence-corrected chi connectivity index (χ1v) is 7.36. The summed E-state index contributed by atoms with van der Waals surface area (Å²) in [7, 11) is 0. The second-order valence-corrected chi connectivity index (χ2v) is 6.07. The van der Waals surface area contributed by atoms with E-state index in [-0.39, 0.29) is 5.82 Å². The van der Waals surface area contributed by atoms with Gasteiger partial charge < -0.3 is 10.3 Å². The lowest BCUT2D eigenvalue weighted by Crippen LogP contribution is -1.99. The van der Waals surface area contributed by atoms with Gasteiger partial charge >= 0.3 is 0 Å². The molecule has 2 aromatic heterocycles. The van der Waals surface area contributed by atoms with Crippen molar-refractivity contribution in [3.8, 4) is 11.4 Å². The van der Waals surface area contributed by atoms with Crippen molar-refractivity contribution in [2.24, 2.45) is 0 Å². The monoisotopic (exact) mass is 289 g/mol. The fourth-order valence-electron chi connectivity index (χ4n) is 2.56. The summed E-state index contributed by atoms with van der Waals surface area (Å²) in [6, 6.07) is 5.04. The Hall–Kier alpha value is -1.88. The lowest BCUT2D eigenvalue weighted by molar-refractivity contribution is 0.637. The lowest BCUT2D eigenvalue weighted by atomic mass is 10.1. The van der Waals surface area contributed by atoms with Crippen molar-refractivity contribution in [1.29, 1.82) is 0 Å². The number of aromatic nitrogens is 2. The number of benzene rings is 1. The average molecular weight is 289 g/mol. The van der Waals surface area contributed by atoms with Gasteiger partial charge in [0.1, 0.15) is 11.3 Å². The SMILES string of the molecule is CCn1c(-c2c(N)sc(C)c2C)nc2c(F)cccc21. The molecule has 3 nitrogen and oxygen atoms in total. The summed E-state index contributed by atoms with van der Waals surface area (Å²) in [5.41, 5.74) is 9.41. The molecule has 0 aliphatic rings. The number of anilines is 1. The third-order valence-electron chi connectivity index (χ3n) is 3.68. The highest BCUT2D eigenvalue weighted by atomic mass is 32.1. The van der Waals surface area contributed by atoms with Crippen LogP contribution in [0.2, 0.25) is 0 Å². The lowest BCUT2D eigenvalue weighted by Gasteiger charge is -2.07. The number of rotatable bonds is 2. The van der Waals surface area contributed by atoms with Gasteiger partial charge in [0.25, 0.3) is 0 Å². The number of para-hydroxylation sites is 1. The summed E-state index contributed by atoms with van der Waals surface area (Å²) in [6.45, 7) is 6.83. The Morgan fingerprint density at radius 2 is 2.10 bits per heavy atom. The number of fused-ring (bicyclic) bond motifs is 1. The van der Waals surface area contributed by atoms with Crippen molar-refractivity contribution in [2.75, 3.05) is 5.73 Å². The minimum atomic E-state index is -0.292. The molecule has 5 heteroatoms. The topological polar surface area (TPSA) is 43.8 Å². The number of nitrogens with two attached hydrogens (primary N) is 1. The third-order valence-corrected chi connectivity index (χ3v) is 4.72. The van der Waals surface area contributed by atoms with Crippen molar-refractivity contribution in [3.63, 3.8) is 0 Å². The van der Waals surface area contributed by atoms with Gasteiger partial charge in [-0.2, -0.15) is 0 Å². The van der Waals surface area contributed by atoms with E-state index in [9.17, 15) is 4.39 Å². The Morgan fingerprint density at radius 1 is 1.35 bits per heavy atom. The van der Waals surface area contributed by atoms with E-state index in [1.54, 1.807) is 17.4 Å². The molecule has 2 heterocycles. The highest BCUT2D eigenvalue weighted by Crippen LogP contribution is 2.39. The van der Waals surface area contributed by atoms with Gasteiger partial charge in [0, 0.05) is 11.4 Å². The summed E-state index contributed by atoms with van der Waals surface area (Å²) < 4.78 is 16.0. The molecule has 20 heavy (non-hydrogen) atoms. The Balaban J connectivity index is 2.39. The van der Waals surface area contributed by atoms with Crippen molar-refractivity contribution >= 4 is 27.4 Å². The van der Waals surface area contributed by atoms with Crippen LogP contribution >= 0.6 is 11.3 Å². The van der Waals surface area contributed by atoms with Crippen LogP contribution in [0.1, 0.15) is 17.4 Å². The fraction of sp³-hybridized carbons (Fsp3) is 0.267. The first kappa shape index (κ1) is 13.1. The number of imidazole rings is 1. The molecule has 2 N–H and O–H groups in total. The quantitative estimate of drug-likeness (QED) is 0.771. The number of aryl methyl sites for hydroxylation is 2. The second-order valence-electron chi connectivity index (χ2n) is 4.81. The van der Waals surface area contributed by atoms with Crippen LogP contribution in [0.5, 0.6) is 0 Å². The van der Waals surface area contributed by atoms with E-state index in [2.05, 4.69) is 4.98 Å². The Labute approximate surface area is 120 Å². The molecular formula is C15H16FN3S. The number of thiophene rings is 1. The van der Waals surface area contributed by atoms with Crippen molar-refractivity contribution in [3.05, 3.63) is 34.5 Å². The molecule has 0 saturated carbocycles. The zero-order valence-electron chi connectivity index (χ0n) is 11.7. The molecule has 0 aliphatic carbocycles. The molecule has 104 valence electrons. The molecule has 0 fully saturated rings. The van der Waals surface area contributed by atoms with Crippen LogP contribution in [0.3, 0.4) is 0 Å². The zero-order chi connectivity index (χ0) is 14.4. The van der Waals surface area contributed by atoms with E-state index < -0.39 is 0 Å². The first-order chi connectivity index (χ1) is 9.54. The molecular weight excluding hydrogens is 273 g/mol. The summed E-state index contributed by atoms with van der Waals surface area (Å²) in [5, 5.41) is 0.741. The molecule has 0 spiro atoms. The van der Waals surface area contributed by atoms with Gasteiger partial charge in [-0.15, -0.1) is 11.3 Å². The van der Waals surface area contributed by atoms with E-state index in [0.29, 0.717) is 5.52 Å². The van der Waals surface area contributed by atoms with Gasteiger partial charge in [-0.1, -0.05) is 6.07 Å². The van der Waals surface area contributed by atoms with Crippen LogP contribution in [0.15, 0.2) is 18.2 Å². The molecule has 0 radical (unpaired) electrons. The Bertz CT molecular complexity index is 801. The van der Waals surface area contributed by atoms with E-state index in [1.165, 1.54) is 10.9 Å². The first-order valence-electron chi connectivity index (χ1n) is 6.55. The third kappa shape index (κ3) is 1.73. The van der Waals surface area contributed by atoms with Crippen LogP contribution in [0.25, 0.3) is 22.4 Å². The Morgan fingerprint density at radius 3 is 2.70 bits per heavy atom. The summed E-state index contributed by atoms with van der Waals surface area (Å²) >= 11 is 1.55. The van der Waals surface area contributed by atoms with Gasteiger partial charge in [-0.05, 0) is 38.5 Å². The molecule has 0 unspecified atom stereocenters. The normalized spacial score (nSPS) is 11.4. The van der Waals surface area contributed by atoms with Crippen LogP contribution in [0, 0.1) is 19.7 Å². The maximum absolute atomic E-state index is 13.9. The van der Waals surface area contributed by atoms with Gasteiger partial charge in [0.05, 0.1) is 16.1 Å². The van der Waals surface area contributed by atoms with Crippen LogP contribution in [-0.2, 0) is 6.54 Å². The van der Waals surface area contributed by atoms with Crippen LogP contribution < -0.4 is 5.73 Å². The molecule has 0 atom stereocenters. The summed E-state index contributed by atoms with van der Waals surface area (Å²) in [5.74, 6) is 0.464. The van der Waals surface area contributed by atoms with Crippen molar-refractivity contribution in [1.82, 2.24) is 9.55 Å². The maximum Gasteiger partial charge on any atom is 0.151 e.